The molecule has 19 heavy (non-hydrogen) atoms. The second-order valence-electron chi connectivity index (χ2n) is 4.97. The Morgan fingerprint density at radius 2 is 2.42 bits per heavy atom. The highest BCUT2D eigenvalue weighted by Gasteiger charge is 2.20. The fraction of sp³-hybridized carbons (Fsp3) is 0.615. The number of hydrogen-bond donors (Lipinski definition) is 2. The number of carboxylic acids is 1. The molecule has 2 N–H and O–H groups in total. The molecule has 1 aliphatic rings. The number of carbonyl (C=O) groups is 1. The van der Waals surface area contributed by atoms with Gasteiger partial charge in [-0.1, -0.05) is 0 Å². The number of nitrogens with zero attached hydrogens (tertiary/aromatic N) is 1. The normalized spacial score (nSPS) is 20.6. The fourth-order valence-electron chi connectivity index (χ4n) is 2.50. The number of carboxylic acid groups (broad SMARTS) is 1. The van der Waals surface area contributed by atoms with Crippen LogP contribution in [0.3, 0.4) is 0 Å². The molecule has 1 unspecified atom stereocenters. The van der Waals surface area contributed by atoms with E-state index < -0.39 is 5.97 Å². The van der Waals surface area contributed by atoms with E-state index in [2.05, 4.69) is 38.3 Å². The third-order valence-electron chi connectivity index (χ3n) is 3.32. The lowest BCUT2D eigenvalue weighted by Gasteiger charge is -2.32. The van der Waals surface area contributed by atoms with Crippen LogP contribution in [0.5, 0.6) is 0 Å². The Hall–Kier alpha value is -0.430. The van der Waals surface area contributed by atoms with E-state index in [0.29, 0.717) is 5.92 Å². The molecule has 1 saturated heterocycles. The summed E-state index contributed by atoms with van der Waals surface area (Å²) in [6, 6.07) is 4.26. The molecule has 4 nitrogen and oxygen atoms in total. The maximum atomic E-state index is 10.5. The van der Waals surface area contributed by atoms with Gasteiger partial charge in [0.05, 0.1) is 10.3 Å². The highest BCUT2D eigenvalue weighted by molar-refractivity contribution is 9.11. The summed E-state index contributed by atoms with van der Waals surface area (Å²) < 4.78 is 1.18. The SMILES string of the molecule is O=C(O)CNCC1CCCN(Cc2ccc(Br)s2)C1. The van der Waals surface area contributed by atoms with Crippen LogP contribution in [0.4, 0.5) is 0 Å². The van der Waals surface area contributed by atoms with E-state index in [4.69, 9.17) is 5.11 Å². The number of piperidine rings is 1. The van der Waals surface area contributed by atoms with E-state index in [9.17, 15) is 4.79 Å². The maximum Gasteiger partial charge on any atom is 0.317 e. The first-order valence-electron chi connectivity index (χ1n) is 6.52. The molecule has 1 aromatic heterocycles. The van der Waals surface area contributed by atoms with E-state index in [1.54, 1.807) is 11.3 Å². The first-order chi connectivity index (χ1) is 9.13. The predicted molar refractivity (Wildman–Crippen MR) is 80.5 cm³/mol. The molecule has 2 heterocycles. The number of thiophene rings is 1. The van der Waals surface area contributed by atoms with Gasteiger partial charge in [0, 0.05) is 18.0 Å². The van der Waals surface area contributed by atoms with Crippen LogP contribution >= 0.6 is 27.3 Å². The molecule has 1 fully saturated rings. The Morgan fingerprint density at radius 3 is 3.11 bits per heavy atom. The van der Waals surface area contributed by atoms with Crippen molar-refractivity contribution >= 4 is 33.2 Å². The molecular weight excluding hydrogens is 328 g/mol. The van der Waals surface area contributed by atoms with Crippen LogP contribution < -0.4 is 5.32 Å². The quantitative estimate of drug-likeness (QED) is 0.830. The van der Waals surface area contributed by atoms with E-state index >= 15 is 0 Å². The topological polar surface area (TPSA) is 52.6 Å². The van der Waals surface area contributed by atoms with Crippen molar-refractivity contribution in [1.29, 1.82) is 0 Å². The van der Waals surface area contributed by atoms with Crippen LogP contribution in [0.2, 0.25) is 0 Å². The molecule has 0 amide bonds. The third kappa shape index (κ3) is 5.22. The number of halogens is 1. The monoisotopic (exact) mass is 346 g/mol. The Balaban J connectivity index is 1.75. The maximum absolute atomic E-state index is 10.5. The lowest BCUT2D eigenvalue weighted by atomic mass is 9.98. The van der Waals surface area contributed by atoms with Crippen LogP contribution in [0, 0.1) is 5.92 Å². The molecule has 1 aliphatic heterocycles. The van der Waals surface area contributed by atoms with Gasteiger partial charge >= 0.3 is 5.97 Å². The number of nitrogens with one attached hydrogen (secondary N) is 1. The molecule has 0 aliphatic carbocycles. The molecule has 0 radical (unpaired) electrons. The average molecular weight is 347 g/mol. The smallest absolute Gasteiger partial charge is 0.317 e. The van der Waals surface area contributed by atoms with Gasteiger partial charge in [-0.3, -0.25) is 9.69 Å². The second-order valence-corrected chi connectivity index (χ2v) is 7.52. The molecule has 106 valence electrons. The molecule has 6 heteroatoms. The molecule has 0 bridgehead atoms. The molecule has 0 saturated carbocycles. The minimum absolute atomic E-state index is 0.0639. The zero-order valence-corrected chi connectivity index (χ0v) is 13.2. The van der Waals surface area contributed by atoms with Crippen LogP contribution in [0.1, 0.15) is 17.7 Å². The van der Waals surface area contributed by atoms with Crippen molar-refractivity contribution in [2.45, 2.75) is 19.4 Å². The van der Waals surface area contributed by atoms with Crippen molar-refractivity contribution in [1.82, 2.24) is 10.2 Å². The standard InChI is InChI=1S/C13H19BrN2O2S/c14-12-4-3-11(19-12)9-16-5-1-2-10(8-16)6-15-7-13(17)18/h3-4,10,15H,1-2,5-9H2,(H,17,18). The predicted octanol–water partition coefficient (Wildman–Crippen LogP) is 2.40. The highest BCUT2D eigenvalue weighted by Crippen LogP contribution is 2.25. The van der Waals surface area contributed by atoms with Gasteiger partial charge < -0.3 is 10.4 Å². The molecule has 1 atom stereocenters. The summed E-state index contributed by atoms with van der Waals surface area (Å²) >= 11 is 5.28. The Kier molecular flexibility index (Phi) is 5.81. The average Bonchev–Trinajstić information content (AvgIpc) is 2.75. The Morgan fingerprint density at radius 1 is 1.58 bits per heavy atom. The van der Waals surface area contributed by atoms with E-state index in [0.717, 1.165) is 26.2 Å². The summed E-state index contributed by atoms with van der Waals surface area (Å²) in [7, 11) is 0. The number of rotatable bonds is 6. The van der Waals surface area contributed by atoms with Gasteiger partial charge in [-0.2, -0.15) is 0 Å². The number of aliphatic carboxylic acids is 1. The van der Waals surface area contributed by atoms with Crippen molar-refractivity contribution in [3.8, 4) is 0 Å². The van der Waals surface area contributed by atoms with Gasteiger partial charge in [0.25, 0.3) is 0 Å². The minimum atomic E-state index is -0.781. The van der Waals surface area contributed by atoms with Crippen molar-refractivity contribution in [2.75, 3.05) is 26.2 Å². The van der Waals surface area contributed by atoms with Gasteiger partial charge in [0.15, 0.2) is 0 Å². The molecule has 2 rings (SSSR count). The van der Waals surface area contributed by atoms with Crippen molar-refractivity contribution in [2.24, 2.45) is 5.92 Å². The summed E-state index contributed by atoms with van der Waals surface area (Å²) in [6.45, 7) is 4.07. The van der Waals surface area contributed by atoms with Crippen LogP contribution in [-0.4, -0.2) is 42.2 Å². The zero-order chi connectivity index (χ0) is 13.7. The Labute approximate surface area is 125 Å². The summed E-state index contributed by atoms with van der Waals surface area (Å²) in [6.07, 6.45) is 2.39. The Bertz CT molecular complexity index is 425. The first-order valence-corrected chi connectivity index (χ1v) is 8.13. The first kappa shape index (κ1) is 15.0. The largest absolute Gasteiger partial charge is 0.480 e. The summed E-state index contributed by atoms with van der Waals surface area (Å²) in [5.41, 5.74) is 0. The van der Waals surface area contributed by atoms with Gasteiger partial charge in [-0.25, -0.2) is 0 Å². The summed E-state index contributed by atoms with van der Waals surface area (Å²) in [4.78, 5) is 14.3. The van der Waals surface area contributed by atoms with E-state index in [1.807, 2.05) is 0 Å². The highest BCUT2D eigenvalue weighted by atomic mass is 79.9. The van der Waals surface area contributed by atoms with Crippen LogP contribution in [0.15, 0.2) is 15.9 Å². The van der Waals surface area contributed by atoms with E-state index in [-0.39, 0.29) is 6.54 Å². The van der Waals surface area contributed by atoms with Crippen molar-refractivity contribution in [3.05, 3.63) is 20.8 Å². The lowest BCUT2D eigenvalue weighted by Crippen LogP contribution is -2.40. The molecule has 1 aromatic rings. The molecule has 0 aromatic carbocycles. The van der Waals surface area contributed by atoms with Gasteiger partial charge in [-0.05, 0) is 59.9 Å². The second kappa shape index (κ2) is 7.38. The van der Waals surface area contributed by atoms with Gasteiger partial charge in [-0.15, -0.1) is 11.3 Å². The van der Waals surface area contributed by atoms with Gasteiger partial charge in [0.2, 0.25) is 0 Å². The van der Waals surface area contributed by atoms with Crippen LogP contribution in [0.25, 0.3) is 0 Å². The fourth-order valence-corrected chi connectivity index (χ4v) is 4.03. The van der Waals surface area contributed by atoms with Crippen molar-refractivity contribution in [3.63, 3.8) is 0 Å². The number of hydrogen-bond acceptors (Lipinski definition) is 4. The molecular formula is C13H19BrN2O2S. The summed E-state index contributed by atoms with van der Waals surface area (Å²) in [5.74, 6) is -0.215. The lowest BCUT2D eigenvalue weighted by molar-refractivity contribution is -0.136. The third-order valence-corrected chi connectivity index (χ3v) is 4.93. The van der Waals surface area contributed by atoms with E-state index in [1.165, 1.54) is 21.5 Å². The molecule has 0 spiro atoms. The zero-order valence-electron chi connectivity index (χ0n) is 10.8. The van der Waals surface area contributed by atoms with Gasteiger partial charge in [0.1, 0.15) is 0 Å². The van der Waals surface area contributed by atoms with Crippen molar-refractivity contribution < 1.29 is 9.90 Å². The minimum Gasteiger partial charge on any atom is -0.480 e. The van der Waals surface area contributed by atoms with Crippen LogP contribution in [-0.2, 0) is 11.3 Å². The summed E-state index contributed by atoms with van der Waals surface area (Å²) in [5, 5.41) is 11.6. The number of likely N-dealkylation sites (tertiary alicyclic amines) is 1.